The van der Waals surface area contributed by atoms with Crippen molar-refractivity contribution in [3.8, 4) is 5.75 Å². The summed E-state index contributed by atoms with van der Waals surface area (Å²) in [5, 5.41) is 0. The zero-order valence-corrected chi connectivity index (χ0v) is 16.4. The Labute approximate surface area is 156 Å². The number of unbranched alkanes of at least 4 members (excludes halogenated alkanes) is 1. The average molecular weight is 375 g/mol. The van der Waals surface area contributed by atoms with Gasteiger partial charge in [-0.2, -0.15) is 4.31 Å². The van der Waals surface area contributed by atoms with Crippen LogP contribution in [0.15, 0.2) is 53.4 Å². The highest BCUT2D eigenvalue weighted by Gasteiger charge is 2.36. The molecule has 0 amide bonds. The molecule has 5 nitrogen and oxygen atoms in total. The van der Waals surface area contributed by atoms with Crippen LogP contribution in [0.3, 0.4) is 0 Å². The molecule has 6 heteroatoms. The molecule has 0 bridgehead atoms. The summed E-state index contributed by atoms with van der Waals surface area (Å²) in [5.74, 6) is 0.648. The smallest absolute Gasteiger partial charge is 0.245 e. The van der Waals surface area contributed by atoms with E-state index < -0.39 is 10.0 Å². The number of ether oxygens (including phenoxy) is 1. The molecule has 3 rings (SSSR count). The van der Waals surface area contributed by atoms with E-state index in [1.54, 1.807) is 26.3 Å². The number of anilines is 2. The molecule has 140 valence electrons. The summed E-state index contributed by atoms with van der Waals surface area (Å²) >= 11 is 0. The lowest BCUT2D eigenvalue weighted by Gasteiger charge is -2.29. The highest BCUT2D eigenvalue weighted by molar-refractivity contribution is 7.89. The molecule has 0 saturated heterocycles. The highest BCUT2D eigenvalue weighted by atomic mass is 32.2. The second-order valence-electron chi connectivity index (χ2n) is 6.60. The molecule has 0 N–H and O–H groups in total. The molecule has 1 aliphatic rings. The Morgan fingerprint density at radius 1 is 1.15 bits per heavy atom. The highest BCUT2D eigenvalue weighted by Crippen LogP contribution is 2.39. The lowest BCUT2D eigenvalue weighted by Crippen LogP contribution is -2.40. The minimum Gasteiger partial charge on any atom is -0.497 e. The summed E-state index contributed by atoms with van der Waals surface area (Å²) in [6.07, 6.45) is 2.87. The third-order valence-electron chi connectivity index (χ3n) is 4.98. The number of para-hydroxylation sites is 1. The topological polar surface area (TPSA) is 49.9 Å². The van der Waals surface area contributed by atoms with Crippen molar-refractivity contribution in [2.75, 3.05) is 25.6 Å². The summed E-state index contributed by atoms with van der Waals surface area (Å²) in [4.78, 5) is 2.42. The van der Waals surface area contributed by atoms with Gasteiger partial charge in [-0.1, -0.05) is 38.0 Å². The van der Waals surface area contributed by atoms with Crippen LogP contribution in [0.2, 0.25) is 0 Å². The van der Waals surface area contributed by atoms with Crippen molar-refractivity contribution in [2.45, 2.75) is 37.1 Å². The summed E-state index contributed by atoms with van der Waals surface area (Å²) in [6, 6.07) is 15.0. The fourth-order valence-electron chi connectivity index (χ4n) is 3.39. The number of hydrogen-bond donors (Lipinski definition) is 0. The van der Waals surface area contributed by atoms with Gasteiger partial charge in [-0.25, -0.2) is 8.42 Å². The van der Waals surface area contributed by atoms with Gasteiger partial charge in [0.25, 0.3) is 0 Å². The molecule has 26 heavy (non-hydrogen) atoms. The Bertz CT molecular complexity index is 853. The van der Waals surface area contributed by atoms with Crippen molar-refractivity contribution in [1.82, 2.24) is 4.31 Å². The molecule has 2 aromatic carbocycles. The van der Waals surface area contributed by atoms with Crippen LogP contribution >= 0.6 is 0 Å². The van der Waals surface area contributed by atoms with Crippen LogP contribution in [-0.2, 0) is 10.0 Å². The van der Waals surface area contributed by atoms with E-state index in [9.17, 15) is 8.42 Å². The zero-order chi connectivity index (χ0) is 18.7. The Morgan fingerprint density at radius 2 is 1.88 bits per heavy atom. The minimum atomic E-state index is -3.57. The van der Waals surface area contributed by atoms with Crippen LogP contribution in [0.4, 0.5) is 11.4 Å². The van der Waals surface area contributed by atoms with E-state index in [1.165, 1.54) is 4.31 Å². The monoisotopic (exact) mass is 374 g/mol. The predicted molar refractivity (Wildman–Crippen MR) is 105 cm³/mol. The molecule has 0 aliphatic carbocycles. The van der Waals surface area contributed by atoms with Crippen LogP contribution in [0, 0.1) is 0 Å². The molecule has 1 aliphatic heterocycles. The average Bonchev–Trinajstić information content (AvgIpc) is 2.75. The second kappa shape index (κ2) is 7.68. The van der Waals surface area contributed by atoms with Gasteiger partial charge in [0.1, 0.15) is 10.6 Å². The van der Waals surface area contributed by atoms with E-state index in [0.717, 1.165) is 24.9 Å². The number of methoxy groups -OCH3 is 1. The van der Waals surface area contributed by atoms with Gasteiger partial charge in [0.15, 0.2) is 0 Å². The van der Waals surface area contributed by atoms with Crippen LogP contribution in [0.25, 0.3) is 0 Å². The minimum absolute atomic E-state index is 0.0847. The fourth-order valence-corrected chi connectivity index (χ4v) is 4.94. The number of sulfonamides is 1. The third kappa shape index (κ3) is 3.44. The van der Waals surface area contributed by atoms with Crippen molar-refractivity contribution < 1.29 is 13.2 Å². The predicted octanol–water partition coefficient (Wildman–Crippen LogP) is 4.03. The molecular formula is C20H26N2O3S. The quantitative estimate of drug-likeness (QED) is 0.793. The first-order chi connectivity index (χ1) is 12.5. The summed E-state index contributed by atoms with van der Waals surface area (Å²) < 4.78 is 33.4. The maximum Gasteiger partial charge on any atom is 0.245 e. The van der Waals surface area contributed by atoms with Crippen LogP contribution < -0.4 is 9.64 Å². The van der Waals surface area contributed by atoms with Crippen LogP contribution in [0.5, 0.6) is 5.75 Å². The zero-order valence-electron chi connectivity index (χ0n) is 15.6. The van der Waals surface area contributed by atoms with E-state index in [2.05, 4.69) is 11.8 Å². The largest absolute Gasteiger partial charge is 0.497 e. The van der Waals surface area contributed by atoms with E-state index in [4.69, 9.17) is 4.74 Å². The van der Waals surface area contributed by atoms with Gasteiger partial charge in [-0.05, 0) is 30.7 Å². The molecule has 1 atom stereocenters. The van der Waals surface area contributed by atoms with Crippen LogP contribution in [-0.4, -0.2) is 39.5 Å². The van der Waals surface area contributed by atoms with Gasteiger partial charge in [0, 0.05) is 31.4 Å². The maximum atomic E-state index is 13.2. The molecular weight excluding hydrogens is 348 g/mol. The Morgan fingerprint density at radius 3 is 2.54 bits per heavy atom. The number of hydrogen-bond acceptors (Lipinski definition) is 4. The molecule has 2 aromatic rings. The lowest BCUT2D eigenvalue weighted by atomic mass is 10.1. The molecule has 0 saturated carbocycles. The van der Waals surface area contributed by atoms with Gasteiger partial charge in [-0.15, -0.1) is 0 Å². The van der Waals surface area contributed by atoms with Crippen molar-refractivity contribution in [3.05, 3.63) is 48.5 Å². The number of rotatable bonds is 5. The second-order valence-corrected chi connectivity index (χ2v) is 8.56. The van der Waals surface area contributed by atoms with E-state index >= 15 is 0 Å². The summed E-state index contributed by atoms with van der Waals surface area (Å²) in [5.41, 5.74) is 1.65. The fraction of sp³-hybridized carbons (Fsp3) is 0.400. The normalized spacial score (nSPS) is 19.7. The van der Waals surface area contributed by atoms with E-state index in [1.807, 2.05) is 36.4 Å². The maximum absolute atomic E-state index is 13.2. The van der Waals surface area contributed by atoms with Gasteiger partial charge in [0.05, 0.1) is 12.8 Å². The Hall–Kier alpha value is -2.05. The molecule has 1 heterocycles. The third-order valence-corrected chi connectivity index (χ3v) is 6.94. The Kier molecular flexibility index (Phi) is 5.53. The van der Waals surface area contributed by atoms with Crippen LogP contribution in [0.1, 0.15) is 26.2 Å². The summed E-state index contributed by atoms with van der Waals surface area (Å²) in [6.45, 7) is 2.74. The summed E-state index contributed by atoms with van der Waals surface area (Å²) in [7, 11) is -0.281. The molecule has 0 aromatic heterocycles. The van der Waals surface area contributed by atoms with Crippen molar-refractivity contribution in [3.63, 3.8) is 0 Å². The van der Waals surface area contributed by atoms with Crippen molar-refractivity contribution in [2.24, 2.45) is 0 Å². The van der Waals surface area contributed by atoms with Crippen molar-refractivity contribution >= 4 is 21.4 Å². The number of nitrogens with zero attached hydrogens (tertiary/aromatic N) is 2. The van der Waals surface area contributed by atoms with E-state index in [0.29, 0.717) is 22.9 Å². The van der Waals surface area contributed by atoms with Gasteiger partial charge in [0.2, 0.25) is 10.0 Å². The first-order valence-electron chi connectivity index (χ1n) is 8.97. The molecule has 0 spiro atoms. The number of fused-ring (bicyclic) bond motifs is 1. The van der Waals surface area contributed by atoms with Crippen molar-refractivity contribution in [1.29, 1.82) is 0 Å². The van der Waals surface area contributed by atoms with Gasteiger partial charge < -0.3 is 9.64 Å². The molecule has 0 radical (unpaired) electrons. The van der Waals surface area contributed by atoms with Gasteiger partial charge in [-0.3, -0.25) is 0 Å². The Balaban J connectivity index is 2.18. The first kappa shape index (κ1) is 18.7. The van der Waals surface area contributed by atoms with Gasteiger partial charge >= 0.3 is 0 Å². The molecule has 1 unspecified atom stereocenters. The number of likely N-dealkylation sites (N-methyl/N-ethyl adjacent to an activating group) is 1. The number of benzene rings is 2. The molecule has 0 fully saturated rings. The van der Waals surface area contributed by atoms with E-state index in [-0.39, 0.29) is 6.04 Å². The standard InChI is InChI=1S/C20H26N2O3S/c1-4-5-9-17-15-22(16-10-7-6-8-11-16)19-14-18(25-3)12-13-20(19)26(23,24)21(17)2/h6-8,10-14,17H,4-5,9,15H2,1-3H3. The lowest BCUT2D eigenvalue weighted by molar-refractivity contribution is 0.351. The first-order valence-corrected chi connectivity index (χ1v) is 10.4. The SMILES string of the molecule is CCCCC1CN(c2ccccc2)c2cc(OC)ccc2S(=O)(=O)N1C.